The molecule has 1 aliphatic heterocycles. The van der Waals surface area contributed by atoms with E-state index < -0.39 is 21.8 Å². The Labute approximate surface area is 174 Å². The molecule has 30 heavy (non-hydrogen) atoms. The van der Waals surface area contributed by atoms with Gasteiger partial charge in [-0.1, -0.05) is 35.9 Å². The van der Waals surface area contributed by atoms with Crippen molar-refractivity contribution in [1.82, 2.24) is 9.21 Å². The quantitative estimate of drug-likeness (QED) is 0.732. The lowest BCUT2D eigenvalue weighted by molar-refractivity contribution is -0.138. The van der Waals surface area contributed by atoms with Crippen molar-refractivity contribution < 1.29 is 26.4 Å². The molecule has 1 heterocycles. The highest BCUT2D eigenvalue weighted by atomic mass is 32.2. The van der Waals surface area contributed by atoms with E-state index >= 15 is 0 Å². The number of amides is 1. The summed E-state index contributed by atoms with van der Waals surface area (Å²) in [5, 5.41) is 0. The highest BCUT2D eigenvalue weighted by Gasteiger charge is 2.32. The molecule has 5 nitrogen and oxygen atoms in total. The van der Waals surface area contributed by atoms with Crippen LogP contribution in [0.4, 0.5) is 13.2 Å². The van der Waals surface area contributed by atoms with Gasteiger partial charge in [-0.25, -0.2) is 8.42 Å². The van der Waals surface area contributed by atoms with Gasteiger partial charge >= 0.3 is 6.18 Å². The van der Waals surface area contributed by atoms with Gasteiger partial charge in [-0.15, -0.1) is 0 Å². The van der Waals surface area contributed by atoms with Gasteiger partial charge in [0.25, 0.3) is 0 Å². The highest BCUT2D eigenvalue weighted by molar-refractivity contribution is 7.89. The lowest BCUT2D eigenvalue weighted by Crippen LogP contribution is -2.50. The van der Waals surface area contributed by atoms with Crippen molar-refractivity contribution in [2.75, 3.05) is 26.2 Å². The lowest BCUT2D eigenvalue weighted by Gasteiger charge is -2.34. The number of nitrogens with zero attached hydrogens (tertiary/aromatic N) is 2. The second-order valence-electron chi connectivity index (χ2n) is 7.43. The minimum Gasteiger partial charge on any atom is -0.340 e. The van der Waals surface area contributed by atoms with Crippen LogP contribution in [-0.2, 0) is 27.4 Å². The maximum Gasteiger partial charge on any atom is 0.416 e. The predicted molar refractivity (Wildman–Crippen MR) is 106 cm³/mol. The molecule has 0 unspecified atom stereocenters. The zero-order valence-corrected chi connectivity index (χ0v) is 17.6. The van der Waals surface area contributed by atoms with Gasteiger partial charge < -0.3 is 4.90 Å². The van der Waals surface area contributed by atoms with Crippen LogP contribution >= 0.6 is 0 Å². The summed E-state index contributed by atoms with van der Waals surface area (Å²) < 4.78 is 65.8. The average Bonchev–Trinajstić information content (AvgIpc) is 2.67. The first kappa shape index (κ1) is 22.3. The molecule has 0 atom stereocenters. The van der Waals surface area contributed by atoms with E-state index in [0.29, 0.717) is 5.56 Å². The first-order valence-corrected chi connectivity index (χ1v) is 10.9. The number of rotatable bonds is 4. The van der Waals surface area contributed by atoms with Crippen LogP contribution in [0.15, 0.2) is 47.4 Å². The van der Waals surface area contributed by atoms with Crippen LogP contribution in [0.1, 0.15) is 22.3 Å². The fraction of sp³-hybridized carbons (Fsp3) is 0.381. The number of alkyl halides is 3. The van der Waals surface area contributed by atoms with E-state index in [0.717, 1.165) is 17.7 Å². The van der Waals surface area contributed by atoms with Gasteiger partial charge in [0.15, 0.2) is 0 Å². The number of piperazine rings is 1. The van der Waals surface area contributed by atoms with E-state index in [1.165, 1.54) is 21.3 Å². The standard InChI is InChI=1S/C21H23F3N2O3S/c1-15-6-7-19(16(2)12-15)30(28,29)26-10-8-25(9-11-26)20(27)14-17-4-3-5-18(13-17)21(22,23)24/h3-7,12-13H,8-11,14H2,1-2H3. The second kappa shape index (κ2) is 8.39. The summed E-state index contributed by atoms with van der Waals surface area (Å²) in [5.74, 6) is -0.321. The van der Waals surface area contributed by atoms with Crippen molar-refractivity contribution in [2.24, 2.45) is 0 Å². The number of sulfonamides is 1. The molecule has 3 rings (SSSR count). The molecular formula is C21H23F3N2O3S. The number of hydrogen-bond donors (Lipinski definition) is 0. The van der Waals surface area contributed by atoms with Gasteiger partial charge in [-0.2, -0.15) is 17.5 Å². The molecule has 2 aromatic carbocycles. The summed E-state index contributed by atoms with van der Waals surface area (Å²) in [6, 6.07) is 9.83. The van der Waals surface area contributed by atoms with Crippen molar-refractivity contribution in [3.8, 4) is 0 Å². The van der Waals surface area contributed by atoms with Crippen molar-refractivity contribution in [1.29, 1.82) is 0 Å². The first-order valence-electron chi connectivity index (χ1n) is 9.50. The Morgan fingerprint density at radius 2 is 1.67 bits per heavy atom. The van der Waals surface area contributed by atoms with Crippen molar-refractivity contribution in [3.05, 3.63) is 64.7 Å². The van der Waals surface area contributed by atoms with E-state index in [4.69, 9.17) is 0 Å². The fourth-order valence-electron chi connectivity index (χ4n) is 3.55. The maximum absolute atomic E-state index is 12.9. The Morgan fingerprint density at radius 1 is 1.00 bits per heavy atom. The number of carbonyl (C=O) groups is 1. The fourth-order valence-corrected chi connectivity index (χ4v) is 5.18. The van der Waals surface area contributed by atoms with Crippen molar-refractivity contribution >= 4 is 15.9 Å². The monoisotopic (exact) mass is 440 g/mol. The maximum atomic E-state index is 12.9. The molecule has 1 saturated heterocycles. The summed E-state index contributed by atoms with van der Waals surface area (Å²) >= 11 is 0. The first-order chi connectivity index (χ1) is 14.0. The largest absolute Gasteiger partial charge is 0.416 e. The molecular weight excluding hydrogens is 417 g/mol. The van der Waals surface area contributed by atoms with Gasteiger partial charge in [0, 0.05) is 26.2 Å². The average molecular weight is 440 g/mol. The summed E-state index contributed by atoms with van der Waals surface area (Å²) in [7, 11) is -3.67. The molecule has 0 aliphatic carbocycles. The van der Waals surface area contributed by atoms with E-state index in [-0.39, 0.29) is 49.0 Å². The number of aryl methyl sites for hydroxylation is 2. The van der Waals surface area contributed by atoms with Gasteiger partial charge in [0.2, 0.25) is 15.9 Å². The van der Waals surface area contributed by atoms with Crippen LogP contribution in [0.2, 0.25) is 0 Å². The van der Waals surface area contributed by atoms with E-state index in [1.54, 1.807) is 19.1 Å². The Bertz CT molecular complexity index is 1040. The summed E-state index contributed by atoms with van der Waals surface area (Å²) in [6.45, 7) is 4.31. The Morgan fingerprint density at radius 3 is 2.27 bits per heavy atom. The van der Waals surface area contributed by atoms with Crippen LogP contribution in [0.25, 0.3) is 0 Å². The SMILES string of the molecule is Cc1ccc(S(=O)(=O)N2CCN(C(=O)Cc3cccc(C(F)(F)F)c3)CC2)c(C)c1. The highest BCUT2D eigenvalue weighted by Crippen LogP contribution is 2.29. The van der Waals surface area contributed by atoms with Gasteiger partial charge in [0.05, 0.1) is 16.9 Å². The van der Waals surface area contributed by atoms with Crippen LogP contribution in [-0.4, -0.2) is 49.7 Å². The molecule has 0 aromatic heterocycles. The molecule has 0 radical (unpaired) electrons. The molecule has 162 valence electrons. The summed E-state index contributed by atoms with van der Waals surface area (Å²) in [6.07, 6.45) is -4.62. The molecule has 0 saturated carbocycles. The van der Waals surface area contributed by atoms with Crippen LogP contribution in [0.3, 0.4) is 0 Å². The Hall–Kier alpha value is -2.39. The number of halogens is 3. The van der Waals surface area contributed by atoms with Crippen molar-refractivity contribution in [3.63, 3.8) is 0 Å². The predicted octanol–water partition coefficient (Wildman–Crippen LogP) is 3.40. The second-order valence-corrected chi connectivity index (χ2v) is 9.34. The van der Waals surface area contributed by atoms with Gasteiger partial charge in [0.1, 0.15) is 0 Å². The molecule has 0 bridgehead atoms. The third-order valence-corrected chi connectivity index (χ3v) is 7.21. The van der Waals surface area contributed by atoms with Crippen LogP contribution < -0.4 is 0 Å². The molecule has 9 heteroatoms. The topological polar surface area (TPSA) is 57.7 Å². The van der Waals surface area contributed by atoms with Gasteiger partial charge in [-0.05, 0) is 37.1 Å². The third kappa shape index (κ3) is 4.84. The van der Waals surface area contributed by atoms with E-state index in [9.17, 15) is 26.4 Å². The minimum atomic E-state index is -4.47. The van der Waals surface area contributed by atoms with Crippen LogP contribution in [0, 0.1) is 13.8 Å². The summed E-state index contributed by atoms with van der Waals surface area (Å²) in [4.78, 5) is 14.3. The lowest BCUT2D eigenvalue weighted by atomic mass is 10.1. The Balaban J connectivity index is 1.64. The zero-order valence-electron chi connectivity index (χ0n) is 16.7. The number of benzene rings is 2. The molecule has 0 spiro atoms. The van der Waals surface area contributed by atoms with Crippen molar-refractivity contribution in [2.45, 2.75) is 31.3 Å². The summed E-state index contributed by atoms with van der Waals surface area (Å²) in [5.41, 5.74) is 1.12. The smallest absolute Gasteiger partial charge is 0.340 e. The number of hydrogen-bond acceptors (Lipinski definition) is 3. The molecule has 1 amide bonds. The third-order valence-electron chi connectivity index (χ3n) is 5.15. The van der Waals surface area contributed by atoms with E-state index in [2.05, 4.69) is 0 Å². The minimum absolute atomic E-state index is 0.143. The van der Waals surface area contributed by atoms with Gasteiger partial charge in [-0.3, -0.25) is 4.79 Å². The molecule has 2 aromatic rings. The van der Waals surface area contributed by atoms with Crippen LogP contribution in [0.5, 0.6) is 0 Å². The Kier molecular flexibility index (Phi) is 6.24. The number of carbonyl (C=O) groups excluding carboxylic acids is 1. The molecule has 0 N–H and O–H groups in total. The van der Waals surface area contributed by atoms with E-state index in [1.807, 2.05) is 13.0 Å². The molecule has 1 aliphatic rings. The zero-order chi connectivity index (χ0) is 22.1. The normalized spacial score (nSPS) is 16.0. The molecule has 1 fully saturated rings.